The van der Waals surface area contributed by atoms with E-state index < -0.39 is 6.10 Å². The van der Waals surface area contributed by atoms with Crippen LogP contribution < -0.4 is 15.4 Å². The van der Waals surface area contributed by atoms with Crippen molar-refractivity contribution in [2.75, 3.05) is 26.3 Å². The van der Waals surface area contributed by atoms with Crippen molar-refractivity contribution >= 4 is 29.9 Å². The zero-order chi connectivity index (χ0) is 21.9. The number of hydrogen-bond donors (Lipinski definition) is 3. The standard InChI is InChI=1S/C25H35N3O3.HI/c1-3-26-25(28-17-22(29)15-20-8-5-4-6-9-20)27-16-21-12-11-19(2)14-24(21)31-18-23-10-7-13-30-23;/h4-6,8-9,11-12,14,22-23,29H,3,7,10,13,15-18H2,1-2H3,(H2,26,27,28);1H. The molecule has 1 aliphatic rings. The maximum absolute atomic E-state index is 10.4. The maximum Gasteiger partial charge on any atom is 0.191 e. The van der Waals surface area contributed by atoms with Crippen LogP contribution in [0.25, 0.3) is 0 Å². The van der Waals surface area contributed by atoms with E-state index in [1.807, 2.05) is 37.3 Å². The number of nitrogens with one attached hydrogen (secondary N) is 2. The number of hydrogen-bond acceptors (Lipinski definition) is 4. The van der Waals surface area contributed by atoms with Crippen molar-refractivity contribution in [3.05, 3.63) is 65.2 Å². The van der Waals surface area contributed by atoms with E-state index in [9.17, 15) is 5.11 Å². The Morgan fingerprint density at radius 1 is 1.22 bits per heavy atom. The van der Waals surface area contributed by atoms with Crippen LogP contribution in [0, 0.1) is 6.92 Å². The monoisotopic (exact) mass is 553 g/mol. The molecule has 2 unspecified atom stereocenters. The zero-order valence-electron chi connectivity index (χ0n) is 19.0. The minimum absolute atomic E-state index is 0. The van der Waals surface area contributed by atoms with E-state index in [2.05, 4.69) is 35.8 Å². The summed E-state index contributed by atoms with van der Waals surface area (Å²) in [5.74, 6) is 1.54. The van der Waals surface area contributed by atoms with Crippen molar-refractivity contribution in [2.45, 2.75) is 51.9 Å². The molecule has 0 aliphatic carbocycles. The molecule has 3 N–H and O–H groups in total. The van der Waals surface area contributed by atoms with Crippen LogP contribution in [0.4, 0.5) is 0 Å². The van der Waals surface area contributed by atoms with Gasteiger partial charge in [0.2, 0.25) is 0 Å². The third-order valence-electron chi connectivity index (χ3n) is 5.24. The second-order valence-electron chi connectivity index (χ2n) is 7.98. The maximum atomic E-state index is 10.4. The lowest BCUT2D eigenvalue weighted by Crippen LogP contribution is -2.41. The van der Waals surface area contributed by atoms with Crippen LogP contribution in [0.2, 0.25) is 0 Å². The highest BCUT2D eigenvalue weighted by molar-refractivity contribution is 14.0. The average Bonchev–Trinajstić information content (AvgIpc) is 3.29. The van der Waals surface area contributed by atoms with Crippen molar-refractivity contribution < 1.29 is 14.6 Å². The van der Waals surface area contributed by atoms with E-state index in [1.165, 1.54) is 0 Å². The van der Waals surface area contributed by atoms with Crippen LogP contribution in [0.15, 0.2) is 53.5 Å². The van der Waals surface area contributed by atoms with Gasteiger partial charge in [-0.25, -0.2) is 4.99 Å². The lowest BCUT2D eigenvalue weighted by molar-refractivity contribution is 0.0676. The molecule has 2 aromatic carbocycles. The van der Waals surface area contributed by atoms with Crippen molar-refractivity contribution in [1.29, 1.82) is 0 Å². The lowest BCUT2D eigenvalue weighted by atomic mass is 10.1. The molecular formula is C25H36IN3O3. The quantitative estimate of drug-likeness (QED) is 0.237. The molecule has 0 bridgehead atoms. The van der Waals surface area contributed by atoms with Gasteiger partial charge < -0.3 is 25.2 Å². The second kappa shape index (κ2) is 14.3. The van der Waals surface area contributed by atoms with Crippen molar-refractivity contribution in [1.82, 2.24) is 10.6 Å². The van der Waals surface area contributed by atoms with Gasteiger partial charge in [0.05, 0.1) is 18.8 Å². The molecule has 0 saturated carbocycles. The highest BCUT2D eigenvalue weighted by Gasteiger charge is 2.17. The Morgan fingerprint density at radius 3 is 2.75 bits per heavy atom. The van der Waals surface area contributed by atoms with Crippen molar-refractivity contribution in [3.8, 4) is 5.75 Å². The first-order valence-electron chi connectivity index (χ1n) is 11.2. The Morgan fingerprint density at radius 2 is 2.03 bits per heavy atom. The summed E-state index contributed by atoms with van der Waals surface area (Å²) in [5, 5.41) is 16.9. The molecule has 1 saturated heterocycles. The molecule has 1 heterocycles. The molecule has 3 rings (SSSR count). The van der Waals surface area contributed by atoms with Gasteiger partial charge in [-0.3, -0.25) is 0 Å². The Hall–Kier alpha value is -1.84. The summed E-state index contributed by atoms with van der Waals surface area (Å²) in [6.07, 6.45) is 2.45. The minimum atomic E-state index is -0.490. The summed E-state index contributed by atoms with van der Waals surface area (Å²) in [4.78, 5) is 4.70. The van der Waals surface area contributed by atoms with Crippen LogP contribution in [-0.2, 0) is 17.7 Å². The fourth-order valence-corrected chi connectivity index (χ4v) is 3.56. The summed E-state index contributed by atoms with van der Waals surface area (Å²) in [6, 6.07) is 16.2. The Bertz CT molecular complexity index is 826. The van der Waals surface area contributed by atoms with Gasteiger partial charge in [0.25, 0.3) is 0 Å². The summed E-state index contributed by atoms with van der Waals surface area (Å²) < 4.78 is 11.8. The first kappa shape index (κ1) is 26.4. The van der Waals surface area contributed by atoms with E-state index in [-0.39, 0.29) is 30.1 Å². The Labute approximate surface area is 208 Å². The molecule has 176 valence electrons. The van der Waals surface area contributed by atoms with E-state index in [4.69, 9.17) is 14.5 Å². The predicted octanol–water partition coefficient (Wildman–Crippen LogP) is 3.83. The van der Waals surface area contributed by atoms with Crippen molar-refractivity contribution in [2.24, 2.45) is 4.99 Å². The number of halogens is 1. The second-order valence-corrected chi connectivity index (χ2v) is 7.98. The van der Waals surface area contributed by atoms with Gasteiger partial charge in [-0.1, -0.05) is 42.5 Å². The number of aliphatic hydroxyl groups excluding tert-OH is 1. The molecule has 7 heteroatoms. The van der Waals surface area contributed by atoms with E-state index >= 15 is 0 Å². The van der Waals surface area contributed by atoms with Crippen LogP contribution in [0.5, 0.6) is 5.75 Å². The summed E-state index contributed by atoms with van der Waals surface area (Å²) in [5.41, 5.74) is 3.31. The topological polar surface area (TPSA) is 75.1 Å². The Kier molecular flexibility index (Phi) is 11.8. The minimum Gasteiger partial charge on any atom is -0.491 e. The van der Waals surface area contributed by atoms with Gasteiger partial charge in [0.1, 0.15) is 12.4 Å². The van der Waals surface area contributed by atoms with E-state index in [0.717, 1.165) is 48.4 Å². The number of aliphatic hydroxyl groups is 1. The smallest absolute Gasteiger partial charge is 0.191 e. The van der Waals surface area contributed by atoms with Gasteiger partial charge in [-0.2, -0.15) is 0 Å². The average molecular weight is 553 g/mol. The number of aryl methyl sites for hydroxylation is 1. The molecule has 32 heavy (non-hydrogen) atoms. The third kappa shape index (κ3) is 8.96. The fraction of sp³-hybridized carbons (Fsp3) is 0.480. The molecule has 0 spiro atoms. The van der Waals surface area contributed by atoms with E-state index in [0.29, 0.717) is 32.1 Å². The molecule has 2 aromatic rings. The van der Waals surface area contributed by atoms with Gasteiger partial charge in [0.15, 0.2) is 5.96 Å². The lowest BCUT2D eigenvalue weighted by Gasteiger charge is -2.17. The largest absolute Gasteiger partial charge is 0.491 e. The third-order valence-corrected chi connectivity index (χ3v) is 5.24. The Balaban J connectivity index is 0.00000363. The molecule has 2 atom stereocenters. The normalized spacial score (nSPS) is 16.8. The zero-order valence-corrected chi connectivity index (χ0v) is 21.4. The van der Waals surface area contributed by atoms with Gasteiger partial charge >= 0.3 is 0 Å². The molecule has 0 aromatic heterocycles. The summed E-state index contributed by atoms with van der Waals surface area (Å²) in [7, 11) is 0. The molecule has 0 amide bonds. The van der Waals surface area contributed by atoms with Gasteiger partial charge in [-0.05, 0) is 43.9 Å². The number of benzene rings is 2. The molecule has 1 aliphatic heterocycles. The number of aliphatic imine (C=N–C) groups is 1. The van der Waals surface area contributed by atoms with Crippen LogP contribution in [0.1, 0.15) is 36.5 Å². The van der Waals surface area contributed by atoms with Crippen LogP contribution in [0.3, 0.4) is 0 Å². The first-order valence-corrected chi connectivity index (χ1v) is 11.2. The van der Waals surface area contributed by atoms with Crippen LogP contribution in [-0.4, -0.2) is 49.6 Å². The van der Waals surface area contributed by atoms with Crippen molar-refractivity contribution in [3.63, 3.8) is 0 Å². The summed E-state index contributed by atoms with van der Waals surface area (Å²) in [6.45, 7) is 7.15. The highest BCUT2D eigenvalue weighted by Crippen LogP contribution is 2.23. The SMILES string of the molecule is CCNC(=NCc1ccc(C)cc1OCC1CCCO1)NCC(O)Cc1ccccc1.I. The molecule has 0 radical (unpaired) electrons. The predicted molar refractivity (Wildman–Crippen MR) is 140 cm³/mol. The van der Waals surface area contributed by atoms with Gasteiger partial charge in [-0.15, -0.1) is 24.0 Å². The fourth-order valence-electron chi connectivity index (χ4n) is 3.56. The molecule has 6 nitrogen and oxygen atoms in total. The number of ether oxygens (including phenoxy) is 2. The number of guanidine groups is 1. The number of rotatable bonds is 10. The van der Waals surface area contributed by atoms with E-state index in [1.54, 1.807) is 0 Å². The van der Waals surface area contributed by atoms with Crippen LogP contribution >= 0.6 is 24.0 Å². The first-order chi connectivity index (χ1) is 15.1. The number of nitrogens with zero attached hydrogens (tertiary/aromatic N) is 1. The molecule has 1 fully saturated rings. The molecular weight excluding hydrogens is 517 g/mol. The van der Waals surface area contributed by atoms with Gasteiger partial charge in [0, 0.05) is 31.7 Å². The summed E-state index contributed by atoms with van der Waals surface area (Å²) >= 11 is 0. The highest BCUT2D eigenvalue weighted by atomic mass is 127.